The predicted molar refractivity (Wildman–Crippen MR) is 119 cm³/mol. The minimum atomic E-state index is -1.37. The molecule has 0 radical (unpaired) electrons. The molecule has 2 saturated heterocycles. The van der Waals surface area contributed by atoms with E-state index in [4.69, 9.17) is 15.3 Å². The Morgan fingerprint density at radius 2 is 1.81 bits per heavy atom. The number of rotatable bonds is 6. The van der Waals surface area contributed by atoms with E-state index >= 15 is 0 Å². The molecule has 1 aromatic heterocycles. The lowest BCUT2D eigenvalue weighted by molar-refractivity contribution is -0.167. The van der Waals surface area contributed by atoms with Crippen LogP contribution < -0.4 is 5.73 Å². The van der Waals surface area contributed by atoms with Crippen molar-refractivity contribution in [3.8, 4) is 0 Å². The highest BCUT2D eigenvalue weighted by atomic mass is 32.2. The van der Waals surface area contributed by atoms with Gasteiger partial charge in [-0.3, -0.25) is 14.4 Å². The van der Waals surface area contributed by atoms with Crippen LogP contribution in [0.25, 0.3) is 0 Å². The molecule has 1 amide bonds. The van der Waals surface area contributed by atoms with E-state index in [1.54, 1.807) is 4.90 Å². The van der Waals surface area contributed by atoms with E-state index in [0.29, 0.717) is 0 Å². The van der Waals surface area contributed by atoms with E-state index in [9.17, 15) is 19.5 Å². The fourth-order valence-electron chi connectivity index (χ4n) is 5.58. The molecule has 32 heavy (non-hydrogen) atoms. The lowest BCUT2D eigenvalue weighted by Gasteiger charge is -2.69. The summed E-state index contributed by atoms with van der Waals surface area (Å²) in [6.45, 7) is 12.1. The Morgan fingerprint density at radius 1 is 1.22 bits per heavy atom. The Bertz CT molecular complexity index is 923. The van der Waals surface area contributed by atoms with Crippen molar-refractivity contribution in [1.29, 1.82) is 0 Å². The molecule has 4 N–H and O–H groups in total. The summed E-state index contributed by atoms with van der Waals surface area (Å²) < 4.78 is 4.59. The highest BCUT2D eigenvalue weighted by Gasteiger charge is 2.73. The first-order chi connectivity index (χ1) is 14.6. The van der Waals surface area contributed by atoms with Crippen LogP contribution in [0.4, 0.5) is 0 Å². The van der Waals surface area contributed by atoms with E-state index in [1.165, 1.54) is 11.8 Å². The Labute approximate surface area is 195 Å². The molecule has 0 aromatic carbocycles. The number of fused-ring (bicyclic) bond motifs is 1. The van der Waals surface area contributed by atoms with Crippen molar-refractivity contribution in [1.82, 2.24) is 15.1 Å². The van der Waals surface area contributed by atoms with Gasteiger partial charge in [0.15, 0.2) is 0 Å². The molecule has 2 fully saturated rings. The first kappa shape index (κ1) is 24.8. The van der Waals surface area contributed by atoms with Gasteiger partial charge in [-0.1, -0.05) is 53.3 Å². The molecule has 2 unspecified atom stereocenters. The zero-order valence-electron chi connectivity index (χ0n) is 19.0. The van der Waals surface area contributed by atoms with Gasteiger partial charge in [-0.2, -0.15) is 0 Å². The average molecular weight is 487 g/mol. The van der Waals surface area contributed by atoms with Crippen LogP contribution in [0.2, 0.25) is 0 Å². The zero-order valence-corrected chi connectivity index (χ0v) is 20.7. The highest BCUT2D eigenvalue weighted by Crippen LogP contribution is 2.68. The molecule has 1 aromatic rings. The first-order valence-corrected chi connectivity index (χ1v) is 12.1. The van der Waals surface area contributed by atoms with Gasteiger partial charge < -0.3 is 25.3 Å². The number of carbonyl (C=O) groups is 3. The third-order valence-corrected chi connectivity index (χ3v) is 10.1. The molecule has 178 valence electrons. The van der Waals surface area contributed by atoms with E-state index in [0.717, 1.165) is 11.8 Å². The van der Waals surface area contributed by atoms with Crippen molar-refractivity contribution in [2.75, 3.05) is 12.3 Å². The second kappa shape index (κ2) is 7.91. The maximum absolute atomic E-state index is 13.1. The van der Waals surface area contributed by atoms with Gasteiger partial charge in [-0.05, 0) is 10.8 Å². The number of nitrogens with zero attached hydrogens (tertiary/aromatic N) is 3. The van der Waals surface area contributed by atoms with Crippen molar-refractivity contribution < 1.29 is 29.0 Å². The SMILES string of the molecule is CC(C)(C)C1(C(C)(C)C)S[C@@H]2C(N)C(=O)N2CC1(CSc1nnc(CC(=O)O)o1)C(=O)O. The summed E-state index contributed by atoms with van der Waals surface area (Å²) in [5, 5.41) is 27.0. The van der Waals surface area contributed by atoms with Gasteiger partial charge in [0.05, 0.1) is 0 Å². The summed E-state index contributed by atoms with van der Waals surface area (Å²) in [6, 6.07) is -0.655. The summed E-state index contributed by atoms with van der Waals surface area (Å²) in [6.07, 6.45) is -0.413. The number of nitrogens with two attached hydrogens (primary N) is 1. The molecule has 3 heterocycles. The first-order valence-electron chi connectivity index (χ1n) is 10.2. The molecule has 2 aliphatic heterocycles. The minimum absolute atomic E-state index is 0.0180. The lowest BCUT2D eigenvalue weighted by Crippen LogP contribution is -2.80. The van der Waals surface area contributed by atoms with Gasteiger partial charge >= 0.3 is 11.9 Å². The molecule has 0 aliphatic carbocycles. The number of hydrogen-bond acceptors (Lipinski definition) is 9. The van der Waals surface area contributed by atoms with Crippen molar-refractivity contribution in [2.24, 2.45) is 22.0 Å². The topological polar surface area (TPSA) is 160 Å². The molecule has 3 rings (SSSR count). The van der Waals surface area contributed by atoms with Crippen LogP contribution in [-0.4, -0.2) is 71.6 Å². The monoisotopic (exact) mass is 486 g/mol. The van der Waals surface area contributed by atoms with Gasteiger partial charge in [0.1, 0.15) is 23.3 Å². The molecule has 2 aliphatic rings. The predicted octanol–water partition coefficient (Wildman–Crippen LogP) is 1.93. The number of carboxylic acids is 2. The summed E-state index contributed by atoms with van der Waals surface area (Å²) in [5.74, 6) is -2.36. The van der Waals surface area contributed by atoms with E-state index in [1.807, 2.05) is 41.5 Å². The molecule has 10 nitrogen and oxygen atoms in total. The van der Waals surface area contributed by atoms with Crippen molar-refractivity contribution in [3.63, 3.8) is 0 Å². The molecule has 0 bridgehead atoms. The fourth-order valence-corrected chi connectivity index (χ4v) is 8.81. The zero-order chi connectivity index (χ0) is 24.3. The average Bonchev–Trinajstić information content (AvgIpc) is 3.09. The van der Waals surface area contributed by atoms with Gasteiger partial charge in [0, 0.05) is 17.0 Å². The van der Waals surface area contributed by atoms with Crippen LogP contribution in [0.1, 0.15) is 47.4 Å². The third-order valence-electron chi connectivity index (χ3n) is 6.31. The number of aromatic nitrogens is 2. The van der Waals surface area contributed by atoms with E-state index in [-0.39, 0.29) is 34.7 Å². The second-order valence-electron chi connectivity index (χ2n) is 10.4. The summed E-state index contributed by atoms with van der Waals surface area (Å²) in [7, 11) is 0. The number of carboxylic acid groups (broad SMARTS) is 2. The largest absolute Gasteiger partial charge is 0.481 e. The number of β-lactam (4-membered cyclic amide) rings is 1. The number of aliphatic carboxylic acids is 2. The normalized spacial score (nSPS) is 27.6. The van der Waals surface area contributed by atoms with Gasteiger partial charge in [-0.25, -0.2) is 0 Å². The van der Waals surface area contributed by atoms with Gasteiger partial charge in [-0.15, -0.1) is 22.0 Å². The maximum atomic E-state index is 13.1. The van der Waals surface area contributed by atoms with Crippen LogP contribution in [0.15, 0.2) is 9.64 Å². The van der Waals surface area contributed by atoms with Crippen molar-refractivity contribution in [2.45, 2.75) is 69.3 Å². The third kappa shape index (κ3) is 3.60. The van der Waals surface area contributed by atoms with Crippen LogP contribution in [0, 0.1) is 16.2 Å². The minimum Gasteiger partial charge on any atom is -0.481 e. The Kier molecular flexibility index (Phi) is 6.14. The van der Waals surface area contributed by atoms with Crippen LogP contribution in [0.5, 0.6) is 0 Å². The van der Waals surface area contributed by atoms with Gasteiger partial charge in [0.25, 0.3) is 5.22 Å². The van der Waals surface area contributed by atoms with Gasteiger partial charge in [0.2, 0.25) is 11.8 Å². The van der Waals surface area contributed by atoms with Crippen LogP contribution in [0.3, 0.4) is 0 Å². The molecule has 0 spiro atoms. The van der Waals surface area contributed by atoms with Crippen molar-refractivity contribution >= 4 is 41.4 Å². The number of hydrogen-bond donors (Lipinski definition) is 3. The molecular weight excluding hydrogens is 456 g/mol. The molecule has 12 heteroatoms. The second-order valence-corrected chi connectivity index (χ2v) is 12.6. The Hall–Kier alpha value is -1.79. The highest BCUT2D eigenvalue weighted by molar-refractivity contribution is 8.02. The fraction of sp³-hybridized carbons (Fsp3) is 0.750. The standard InChI is InChI=1S/C20H30N4O6S2/c1-17(2,3)20(18(4,5)6)19(15(28)29,8-24-13(27)12(21)14(24)32-20)9-31-16-23-22-10(30-16)7-11(25)26/h12,14H,7-9,21H2,1-6H3,(H,25,26)(H,28,29)/t12?,14-,19?/m1/s1. The summed E-state index contributed by atoms with van der Waals surface area (Å²) in [5.41, 5.74) is 3.78. The maximum Gasteiger partial charge on any atom is 0.313 e. The summed E-state index contributed by atoms with van der Waals surface area (Å²) >= 11 is 2.55. The van der Waals surface area contributed by atoms with E-state index < -0.39 is 45.4 Å². The van der Waals surface area contributed by atoms with Crippen LogP contribution >= 0.6 is 23.5 Å². The molecular formula is C20H30N4O6S2. The number of amides is 1. The molecule has 0 saturated carbocycles. The smallest absolute Gasteiger partial charge is 0.313 e. The number of thioether (sulfide) groups is 2. The van der Waals surface area contributed by atoms with E-state index in [2.05, 4.69) is 10.2 Å². The Morgan fingerprint density at radius 3 is 2.31 bits per heavy atom. The lowest BCUT2D eigenvalue weighted by atomic mass is 9.53. The van der Waals surface area contributed by atoms with Crippen LogP contribution in [-0.2, 0) is 20.8 Å². The summed E-state index contributed by atoms with van der Waals surface area (Å²) in [4.78, 5) is 38.0. The Balaban J connectivity index is 2.08. The number of carbonyl (C=O) groups excluding carboxylic acids is 1. The molecule has 3 atom stereocenters. The van der Waals surface area contributed by atoms with Crippen molar-refractivity contribution in [3.05, 3.63) is 5.89 Å². The quantitative estimate of drug-likeness (QED) is 0.398.